The Labute approximate surface area is 195 Å². The lowest BCUT2D eigenvalue weighted by atomic mass is 10.1. The van der Waals surface area contributed by atoms with Gasteiger partial charge < -0.3 is 14.6 Å². The summed E-state index contributed by atoms with van der Waals surface area (Å²) in [6.45, 7) is 2.52. The number of aromatic nitrogens is 4. The minimum absolute atomic E-state index is 0.128. The number of ether oxygens (including phenoxy) is 1. The average Bonchev–Trinajstić information content (AvgIpc) is 3.48. The Morgan fingerprint density at radius 3 is 2.91 bits per heavy atom. The van der Waals surface area contributed by atoms with Crippen molar-refractivity contribution in [3.63, 3.8) is 0 Å². The number of sulfonamides is 1. The van der Waals surface area contributed by atoms with Crippen LogP contribution in [0.1, 0.15) is 28.0 Å². The van der Waals surface area contributed by atoms with Gasteiger partial charge in [-0.25, -0.2) is 13.4 Å². The summed E-state index contributed by atoms with van der Waals surface area (Å²) in [6, 6.07) is 10.2. The van der Waals surface area contributed by atoms with Gasteiger partial charge in [0.05, 0.1) is 25.7 Å². The Morgan fingerprint density at radius 2 is 2.09 bits per heavy atom. The number of benzene rings is 1. The van der Waals surface area contributed by atoms with Gasteiger partial charge in [-0.1, -0.05) is 23.4 Å². The van der Waals surface area contributed by atoms with E-state index in [1.807, 2.05) is 31.2 Å². The molecule has 4 heterocycles. The molecular formula is C22H22N6O5S. The van der Waals surface area contributed by atoms with Crippen LogP contribution in [0.2, 0.25) is 0 Å². The molecule has 34 heavy (non-hydrogen) atoms. The Morgan fingerprint density at radius 1 is 1.24 bits per heavy atom. The van der Waals surface area contributed by atoms with E-state index in [0.717, 1.165) is 11.8 Å². The molecule has 1 amide bonds. The molecule has 12 heteroatoms. The predicted molar refractivity (Wildman–Crippen MR) is 123 cm³/mol. The molecule has 5 rings (SSSR count). The van der Waals surface area contributed by atoms with E-state index in [2.05, 4.69) is 20.4 Å². The molecule has 1 aliphatic rings. The zero-order valence-electron chi connectivity index (χ0n) is 18.5. The van der Waals surface area contributed by atoms with Gasteiger partial charge in [-0.2, -0.15) is 9.29 Å². The van der Waals surface area contributed by atoms with Crippen LogP contribution in [-0.2, 0) is 14.8 Å². The molecule has 1 atom stereocenters. The maximum Gasteiger partial charge on any atom is 0.274 e. The fraction of sp³-hybridized carbons (Fsp3) is 0.273. The van der Waals surface area contributed by atoms with E-state index >= 15 is 0 Å². The standard InChI is InChI=1S/C22H22N6O5S/c1-14-6-7-15(11-16(14)24-21(29)17-12-23-19-5-3-4-8-27(17)19)20-25-22(33-26-20)18-13-32-10-9-28(18)34(2,30)31/h3-8,11-12,18H,9-10,13H2,1-2H3,(H,24,29). The number of hydrogen-bond acceptors (Lipinski definition) is 8. The lowest BCUT2D eigenvalue weighted by molar-refractivity contribution is 0.0206. The van der Waals surface area contributed by atoms with Crippen molar-refractivity contribution in [1.29, 1.82) is 0 Å². The molecule has 4 aromatic rings. The molecule has 0 radical (unpaired) electrons. The number of pyridine rings is 1. The van der Waals surface area contributed by atoms with Crippen LogP contribution < -0.4 is 5.32 Å². The van der Waals surface area contributed by atoms with Gasteiger partial charge >= 0.3 is 0 Å². The number of fused-ring (bicyclic) bond motifs is 1. The van der Waals surface area contributed by atoms with E-state index in [0.29, 0.717) is 29.2 Å². The second-order valence-corrected chi connectivity index (χ2v) is 9.91. The summed E-state index contributed by atoms with van der Waals surface area (Å²) < 4.78 is 38.1. The number of nitrogens with zero attached hydrogens (tertiary/aromatic N) is 5. The molecule has 0 aliphatic carbocycles. The monoisotopic (exact) mass is 482 g/mol. The number of carbonyl (C=O) groups is 1. The highest BCUT2D eigenvalue weighted by molar-refractivity contribution is 7.88. The van der Waals surface area contributed by atoms with Crippen LogP contribution in [0.4, 0.5) is 5.69 Å². The van der Waals surface area contributed by atoms with Crippen molar-refractivity contribution in [3.05, 3.63) is 65.9 Å². The third-order valence-electron chi connectivity index (χ3n) is 5.63. The van der Waals surface area contributed by atoms with Crippen LogP contribution in [-0.4, -0.2) is 64.2 Å². The Kier molecular flexibility index (Phi) is 5.63. The highest BCUT2D eigenvalue weighted by Crippen LogP contribution is 2.29. The maximum absolute atomic E-state index is 12.9. The molecule has 1 aliphatic heterocycles. The Hall–Kier alpha value is -3.61. The molecule has 1 unspecified atom stereocenters. The number of morpholine rings is 1. The third-order valence-corrected chi connectivity index (χ3v) is 6.91. The number of carbonyl (C=O) groups excluding carboxylic acids is 1. The zero-order valence-corrected chi connectivity index (χ0v) is 19.3. The summed E-state index contributed by atoms with van der Waals surface area (Å²) in [6.07, 6.45) is 4.44. The Bertz CT molecular complexity index is 1480. The minimum Gasteiger partial charge on any atom is -0.378 e. The summed E-state index contributed by atoms with van der Waals surface area (Å²) in [5.74, 6) is 0.118. The molecule has 176 valence electrons. The highest BCUT2D eigenvalue weighted by Gasteiger charge is 2.35. The van der Waals surface area contributed by atoms with Gasteiger partial charge in [0, 0.05) is 24.0 Å². The van der Waals surface area contributed by atoms with Crippen molar-refractivity contribution < 1.29 is 22.5 Å². The van der Waals surface area contributed by atoms with Crippen molar-refractivity contribution in [1.82, 2.24) is 23.8 Å². The normalized spacial score (nSPS) is 17.2. The van der Waals surface area contributed by atoms with E-state index in [4.69, 9.17) is 9.26 Å². The van der Waals surface area contributed by atoms with Crippen LogP contribution in [0.3, 0.4) is 0 Å². The van der Waals surface area contributed by atoms with E-state index in [-0.39, 0.29) is 30.8 Å². The number of nitrogens with one attached hydrogen (secondary N) is 1. The Balaban J connectivity index is 1.41. The summed E-state index contributed by atoms with van der Waals surface area (Å²) in [4.78, 5) is 21.6. The van der Waals surface area contributed by atoms with Gasteiger partial charge in [-0.15, -0.1) is 0 Å². The fourth-order valence-corrected chi connectivity index (χ4v) is 4.87. The lowest BCUT2D eigenvalue weighted by Crippen LogP contribution is -2.42. The van der Waals surface area contributed by atoms with Crippen molar-refractivity contribution in [2.24, 2.45) is 0 Å². The summed E-state index contributed by atoms with van der Waals surface area (Å²) in [7, 11) is -3.47. The van der Waals surface area contributed by atoms with Crippen LogP contribution in [0.15, 0.2) is 53.3 Å². The van der Waals surface area contributed by atoms with Crippen LogP contribution >= 0.6 is 0 Å². The molecule has 1 N–H and O–H groups in total. The van der Waals surface area contributed by atoms with Gasteiger partial charge in [0.1, 0.15) is 17.4 Å². The van der Waals surface area contributed by atoms with E-state index in [1.54, 1.807) is 22.7 Å². The molecule has 0 bridgehead atoms. The molecule has 3 aromatic heterocycles. The van der Waals surface area contributed by atoms with Crippen molar-refractivity contribution in [2.75, 3.05) is 31.3 Å². The molecule has 11 nitrogen and oxygen atoms in total. The summed E-state index contributed by atoms with van der Waals surface area (Å²) in [5, 5.41) is 6.95. The molecule has 1 fully saturated rings. The molecule has 1 saturated heterocycles. The van der Waals surface area contributed by atoms with Gasteiger partial charge in [-0.05, 0) is 30.7 Å². The number of aryl methyl sites for hydroxylation is 1. The van der Waals surface area contributed by atoms with E-state index in [9.17, 15) is 13.2 Å². The largest absolute Gasteiger partial charge is 0.378 e. The first-order valence-corrected chi connectivity index (χ1v) is 12.4. The van der Waals surface area contributed by atoms with Crippen LogP contribution in [0, 0.1) is 6.92 Å². The molecular weight excluding hydrogens is 460 g/mol. The van der Waals surface area contributed by atoms with Gasteiger partial charge in [-0.3, -0.25) is 9.20 Å². The SMILES string of the molecule is Cc1ccc(-c2noc(C3COCCN3S(C)(=O)=O)n2)cc1NC(=O)c1cnc2ccccn12. The second-order valence-electron chi connectivity index (χ2n) is 7.98. The quantitative estimate of drug-likeness (QED) is 0.458. The van der Waals surface area contributed by atoms with E-state index < -0.39 is 16.1 Å². The second kappa shape index (κ2) is 8.63. The van der Waals surface area contributed by atoms with Crippen LogP contribution in [0.25, 0.3) is 17.0 Å². The lowest BCUT2D eigenvalue weighted by Gasteiger charge is -2.30. The van der Waals surface area contributed by atoms with Gasteiger partial charge in [0.15, 0.2) is 0 Å². The maximum atomic E-state index is 12.9. The first kappa shape index (κ1) is 22.2. The molecule has 0 saturated carbocycles. The number of amides is 1. The number of rotatable bonds is 5. The van der Waals surface area contributed by atoms with Crippen LogP contribution in [0.5, 0.6) is 0 Å². The van der Waals surface area contributed by atoms with Crippen molar-refractivity contribution in [2.45, 2.75) is 13.0 Å². The number of hydrogen-bond donors (Lipinski definition) is 1. The van der Waals surface area contributed by atoms with E-state index in [1.165, 1.54) is 10.5 Å². The van der Waals surface area contributed by atoms with Gasteiger partial charge in [0.25, 0.3) is 5.91 Å². The first-order valence-electron chi connectivity index (χ1n) is 10.5. The average molecular weight is 483 g/mol. The third kappa shape index (κ3) is 4.18. The minimum atomic E-state index is -3.47. The van der Waals surface area contributed by atoms with Crippen molar-refractivity contribution >= 4 is 27.3 Å². The predicted octanol–water partition coefficient (Wildman–Crippen LogP) is 2.28. The molecule has 1 aromatic carbocycles. The number of anilines is 1. The first-order chi connectivity index (χ1) is 16.3. The topological polar surface area (TPSA) is 132 Å². The van der Waals surface area contributed by atoms with Crippen molar-refractivity contribution in [3.8, 4) is 11.4 Å². The smallest absolute Gasteiger partial charge is 0.274 e. The highest BCUT2D eigenvalue weighted by atomic mass is 32.2. The fourth-order valence-electron chi connectivity index (χ4n) is 3.85. The van der Waals surface area contributed by atoms with Gasteiger partial charge in [0.2, 0.25) is 21.7 Å². The zero-order chi connectivity index (χ0) is 23.9. The molecule has 0 spiro atoms. The number of imidazole rings is 1. The summed E-state index contributed by atoms with van der Waals surface area (Å²) >= 11 is 0. The summed E-state index contributed by atoms with van der Waals surface area (Å²) in [5.41, 5.74) is 3.11.